The second kappa shape index (κ2) is 4.30. The Labute approximate surface area is 99.1 Å². The molecular weight excluding hydrogens is 222 g/mol. The SMILES string of the molecule is CC(CC1C2CCC(C2)C1C)NS(C)(=O)=O. The zero-order chi connectivity index (χ0) is 11.9. The Morgan fingerprint density at radius 3 is 2.44 bits per heavy atom. The van der Waals surface area contributed by atoms with Crippen LogP contribution in [0, 0.1) is 23.7 Å². The molecule has 0 aliphatic heterocycles. The third kappa shape index (κ3) is 2.59. The molecule has 2 fully saturated rings. The molecule has 0 aromatic heterocycles. The standard InChI is InChI=1S/C12H23NO2S/c1-8(13-16(3,14)15)6-12-9(2)10-4-5-11(12)7-10/h8-13H,4-7H2,1-3H3. The largest absolute Gasteiger partial charge is 0.213 e. The van der Waals surface area contributed by atoms with Gasteiger partial charge in [0, 0.05) is 6.04 Å². The van der Waals surface area contributed by atoms with Gasteiger partial charge in [-0.05, 0) is 56.3 Å². The second-order valence-electron chi connectivity index (χ2n) is 5.88. The van der Waals surface area contributed by atoms with Crippen molar-refractivity contribution >= 4 is 10.0 Å². The van der Waals surface area contributed by atoms with Gasteiger partial charge in [-0.2, -0.15) is 0 Å². The van der Waals surface area contributed by atoms with E-state index in [9.17, 15) is 8.42 Å². The number of hydrogen-bond donors (Lipinski definition) is 1. The first-order valence-corrected chi connectivity index (χ1v) is 8.23. The van der Waals surface area contributed by atoms with Crippen LogP contribution >= 0.6 is 0 Å². The number of nitrogens with one attached hydrogen (secondary N) is 1. The van der Waals surface area contributed by atoms with Crippen LogP contribution in [-0.4, -0.2) is 20.7 Å². The van der Waals surface area contributed by atoms with Crippen molar-refractivity contribution in [2.24, 2.45) is 23.7 Å². The minimum atomic E-state index is -3.05. The maximum Gasteiger partial charge on any atom is 0.208 e. The quantitative estimate of drug-likeness (QED) is 0.823. The maximum atomic E-state index is 11.1. The minimum Gasteiger partial charge on any atom is -0.213 e. The van der Waals surface area contributed by atoms with Crippen molar-refractivity contribution in [2.45, 2.75) is 45.6 Å². The topological polar surface area (TPSA) is 46.2 Å². The third-order valence-electron chi connectivity index (χ3n) is 4.58. The van der Waals surface area contributed by atoms with Gasteiger partial charge in [-0.3, -0.25) is 0 Å². The molecule has 94 valence electrons. The van der Waals surface area contributed by atoms with E-state index in [4.69, 9.17) is 0 Å². The van der Waals surface area contributed by atoms with Gasteiger partial charge in [-0.25, -0.2) is 13.1 Å². The van der Waals surface area contributed by atoms with Crippen LogP contribution in [0.5, 0.6) is 0 Å². The summed E-state index contributed by atoms with van der Waals surface area (Å²) in [7, 11) is -3.05. The first-order chi connectivity index (χ1) is 7.37. The predicted molar refractivity (Wildman–Crippen MR) is 65.5 cm³/mol. The fraction of sp³-hybridized carbons (Fsp3) is 1.00. The Balaban J connectivity index is 1.90. The van der Waals surface area contributed by atoms with Crippen LogP contribution in [0.2, 0.25) is 0 Å². The van der Waals surface area contributed by atoms with Crippen molar-refractivity contribution in [2.75, 3.05) is 6.26 Å². The van der Waals surface area contributed by atoms with E-state index in [0.29, 0.717) is 0 Å². The summed E-state index contributed by atoms with van der Waals surface area (Å²) in [5.41, 5.74) is 0. The first-order valence-electron chi connectivity index (χ1n) is 6.34. The molecule has 2 bridgehead atoms. The minimum absolute atomic E-state index is 0.0850. The molecule has 0 aromatic carbocycles. The van der Waals surface area contributed by atoms with E-state index in [1.807, 2.05) is 6.92 Å². The van der Waals surface area contributed by atoms with E-state index in [0.717, 1.165) is 30.1 Å². The van der Waals surface area contributed by atoms with E-state index in [-0.39, 0.29) is 6.04 Å². The summed E-state index contributed by atoms with van der Waals surface area (Å²) in [6.07, 6.45) is 6.40. The van der Waals surface area contributed by atoms with Gasteiger partial charge in [0.2, 0.25) is 10.0 Å². The lowest BCUT2D eigenvalue weighted by molar-refractivity contribution is 0.213. The van der Waals surface area contributed by atoms with E-state index in [1.54, 1.807) is 0 Å². The second-order valence-corrected chi connectivity index (χ2v) is 7.66. The van der Waals surface area contributed by atoms with Gasteiger partial charge in [0.1, 0.15) is 0 Å². The monoisotopic (exact) mass is 245 g/mol. The Bertz CT molecular complexity index is 350. The van der Waals surface area contributed by atoms with Crippen LogP contribution in [0.3, 0.4) is 0 Å². The molecule has 2 aliphatic carbocycles. The van der Waals surface area contributed by atoms with Crippen LogP contribution in [0.25, 0.3) is 0 Å². The summed E-state index contributed by atoms with van der Waals surface area (Å²) < 4.78 is 25.0. The number of sulfonamides is 1. The van der Waals surface area contributed by atoms with Crippen molar-refractivity contribution in [1.82, 2.24) is 4.72 Å². The number of fused-ring (bicyclic) bond motifs is 2. The molecule has 5 unspecified atom stereocenters. The van der Waals surface area contributed by atoms with Gasteiger partial charge in [-0.15, -0.1) is 0 Å². The number of rotatable bonds is 4. The van der Waals surface area contributed by atoms with Crippen LogP contribution < -0.4 is 4.72 Å². The summed E-state index contributed by atoms with van der Waals surface area (Å²) in [5.74, 6) is 3.31. The Kier molecular flexibility index (Phi) is 3.32. The zero-order valence-electron chi connectivity index (χ0n) is 10.4. The fourth-order valence-corrected chi connectivity index (χ4v) is 4.75. The van der Waals surface area contributed by atoms with E-state index in [2.05, 4.69) is 11.6 Å². The lowest BCUT2D eigenvalue weighted by Gasteiger charge is -2.30. The molecule has 5 atom stereocenters. The van der Waals surface area contributed by atoms with E-state index in [1.165, 1.54) is 25.5 Å². The molecule has 0 aromatic rings. The van der Waals surface area contributed by atoms with Gasteiger partial charge < -0.3 is 0 Å². The lowest BCUT2D eigenvalue weighted by atomic mass is 9.77. The number of hydrogen-bond acceptors (Lipinski definition) is 2. The molecule has 2 saturated carbocycles. The van der Waals surface area contributed by atoms with Crippen LogP contribution in [-0.2, 0) is 10.0 Å². The van der Waals surface area contributed by atoms with Crippen molar-refractivity contribution in [1.29, 1.82) is 0 Å². The molecule has 0 radical (unpaired) electrons. The molecule has 0 spiro atoms. The van der Waals surface area contributed by atoms with Crippen molar-refractivity contribution in [3.8, 4) is 0 Å². The highest BCUT2D eigenvalue weighted by Crippen LogP contribution is 2.53. The molecule has 2 aliphatic rings. The van der Waals surface area contributed by atoms with E-state index >= 15 is 0 Å². The summed E-state index contributed by atoms with van der Waals surface area (Å²) in [6, 6.07) is 0.0850. The van der Waals surface area contributed by atoms with Gasteiger partial charge >= 0.3 is 0 Å². The van der Waals surface area contributed by atoms with Crippen LogP contribution in [0.15, 0.2) is 0 Å². The zero-order valence-corrected chi connectivity index (χ0v) is 11.3. The Hall–Kier alpha value is -0.0900. The molecule has 0 saturated heterocycles. The van der Waals surface area contributed by atoms with Gasteiger partial charge in [0.05, 0.1) is 6.26 Å². The lowest BCUT2D eigenvalue weighted by Crippen LogP contribution is -2.35. The average molecular weight is 245 g/mol. The summed E-state index contributed by atoms with van der Waals surface area (Å²) >= 11 is 0. The smallest absolute Gasteiger partial charge is 0.208 e. The van der Waals surface area contributed by atoms with Gasteiger partial charge in [0.25, 0.3) is 0 Å². The molecular formula is C12H23NO2S. The highest BCUT2D eigenvalue weighted by atomic mass is 32.2. The molecule has 3 nitrogen and oxygen atoms in total. The van der Waals surface area contributed by atoms with Gasteiger partial charge in [-0.1, -0.05) is 6.92 Å². The predicted octanol–water partition coefficient (Wildman–Crippen LogP) is 2.00. The summed E-state index contributed by atoms with van der Waals surface area (Å²) in [5, 5.41) is 0. The van der Waals surface area contributed by atoms with Crippen LogP contribution in [0.1, 0.15) is 39.5 Å². The Morgan fingerprint density at radius 1 is 1.31 bits per heavy atom. The average Bonchev–Trinajstić information content (AvgIpc) is 2.66. The van der Waals surface area contributed by atoms with Crippen molar-refractivity contribution in [3.05, 3.63) is 0 Å². The Morgan fingerprint density at radius 2 is 1.94 bits per heavy atom. The van der Waals surface area contributed by atoms with Crippen molar-refractivity contribution in [3.63, 3.8) is 0 Å². The molecule has 1 N–H and O–H groups in total. The molecule has 0 heterocycles. The first kappa shape index (κ1) is 12.4. The summed E-state index contributed by atoms with van der Waals surface area (Å²) in [4.78, 5) is 0. The molecule has 4 heteroatoms. The highest BCUT2D eigenvalue weighted by Gasteiger charge is 2.45. The summed E-state index contributed by atoms with van der Waals surface area (Å²) in [6.45, 7) is 4.33. The van der Waals surface area contributed by atoms with Gasteiger partial charge in [0.15, 0.2) is 0 Å². The molecule has 16 heavy (non-hydrogen) atoms. The highest BCUT2D eigenvalue weighted by molar-refractivity contribution is 7.88. The van der Waals surface area contributed by atoms with E-state index < -0.39 is 10.0 Å². The van der Waals surface area contributed by atoms with Crippen molar-refractivity contribution < 1.29 is 8.42 Å². The molecule has 2 rings (SSSR count). The van der Waals surface area contributed by atoms with Crippen LogP contribution in [0.4, 0.5) is 0 Å². The normalized spacial score (nSPS) is 40.2. The third-order valence-corrected chi connectivity index (χ3v) is 5.41. The molecule has 0 amide bonds. The maximum absolute atomic E-state index is 11.1. The fourth-order valence-electron chi connectivity index (χ4n) is 3.93.